The Morgan fingerprint density at radius 1 is 0.727 bits per heavy atom. The zero-order valence-electron chi connectivity index (χ0n) is 8.53. The van der Waals surface area contributed by atoms with E-state index in [4.69, 9.17) is 0 Å². The average Bonchev–Trinajstić information content (AvgIpc) is 1.84. The molecule has 0 aromatic rings. The van der Waals surface area contributed by atoms with Crippen LogP contribution in [-0.2, 0) is 20.5 Å². The first-order valence-electron chi connectivity index (χ1n) is 4.48. The predicted octanol–water partition coefficient (Wildman–Crippen LogP) is 3.42. The van der Waals surface area contributed by atoms with Gasteiger partial charge in [-0.05, 0) is 0 Å². The summed E-state index contributed by atoms with van der Waals surface area (Å²) in [7, 11) is 0. The van der Waals surface area contributed by atoms with Gasteiger partial charge in [-0.3, -0.25) is 0 Å². The van der Waals surface area contributed by atoms with Crippen LogP contribution in [0.4, 0.5) is 0 Å². The molecule has 0 fully saturated rings. The van der Waals surface area contributed by atoms with Crippen molar-refractivity contribution in [2.45, 2.75) is 58.5 Å². The monoisotopic (exact) mass is 358 g/mol. The van der Waals surface area contributed by atoms with E-state index in [2.05, 4.69) is 62.1 Å². The van der Waals surface area contributed by atoms with Crippen molar-refractivity contribution >= 4 is 5.15 Å². The normalized spacial score (nSPS) is 15.2. The van der Waals surface area contributed by atoms with Crippen LogP contribution in [0.3, 0.4) is 0 Å². The third-order valence-corrected chi connectivity index (χ3v) is 18.8. The third kappa shape index (κ3) is 2.56. The molecule has 0 rings (SSSR count). The van der Waals surface area contributed by atoms with Crippen molar-refractivity contribution in [1.82, 2.24) is 0 Å². The molecule has 0 bridgehead atoms. The van der Waals surface area contributed by atoms with Gasteiger partial charge in [0.1, 0.15) is 0 Å². The molecule has 0 aromatic carbocycles. The van der Waals surface area contributed by atoms with Crippen LogP contribution in [0.2, 0.25) is 0 Å². The van der Waals surface area contributed by atoms with Crippen LogP contribution < -0.4 is 0 Å². The van der Waals surface area contributed by atoms with Gasteiger partial charge in [-0.25, -0.2) is 0 Å². The van der Waals surface area contributed by atoms with Crippen LogP contribution in [-0.4, -0.2) is 17.0 Å². The predicted molar refractivity (Wildman–Crippen MR) is 53.7 cm³/mol. The van der Waals surface area contributed by atoms with Gasteiger partial charge in [0.25, 0.3) is 0 Å². The number of hydrogen-bond acceptors (Lipinski definition) is 0. The molecule has 0 aliphatic heterocycles. The molecule has 0 aliphatic carbocycles. The van der Waals surface area contributed by atoms with Gasteiger partial charge in [-0.2, -0.15) is 0 Å². The van der Waals surface area contributed by atoms with E-state index in [1.54, 1.807) is 0 Å². The molecule has 0 amide bonds. The molecule has 0 radical (unpaired) electrons. The van der Waals surface area contributed by atoms with Crippen molar-refractivity contribution in [3.63, 3.8) is 0 Å². The van der Waals surface area contributed by atoms with Crippen LogP contribution >= 0.6 is 5.15 Å². The van der Waals surface area contributed by atoms with Gasteiger partial charge >= 0.3 is 84.2 Å². The van der Waals surface area contributed by atoms with E-state index < -0.39 is 5.15 Å². The zero-order chi connectivity index (χ0) is 9.23. The molecule has 0 heterocycles. The molecule has 0 saturated heterocycles. The minimum atomic E-state index is -1.04. The summed E-state index contributed by atoms with van der Waals surface area (Å²) in [4.78, 5) is 0. The molecule has 74 valence electrons. The first-order valence-corrected chi connectivity index (χ1v) is 9.76. The number of rotatable bonds is 3. The summed E-state index contributed by atoms with van der Waals surface area (Å²) in [6.07, 6.45) is 0. The fourth-order valence-corrected chi connectivity index (χ4v) is 6.00. The van der Waals surface area contributed by atoms with E-state index in [0.717, 1.165) is 17.0 Å². The van der Waals surface area contributed by atoms with Crippen LogP contribution in [0.1, 0.15) is 41.5 Å². The second-order valence-electron chi connectivity index (χ2n) is 4.23. The molecule has 0 nitrogen and oxygen atoms in total. The van der Waals surface area contributed by atoms with Crippen LogP contribution in [0.5, 0.6) is 0 Å². The van der Waals surface area contributed by atoms with Crippen molar-refractivity contribution < 1.29 is 20.5 Å². The molecule has 0 aromatic heterocycles. The summed E-state index contributed by atoms with van der Waals surface area (Å²) >= 11 is 2.98. The van der Waals surface area contributed by atoms with Gasteiger partial charge in [-0.15, -0.1) is 0 Å². The Hall–Kier alpha value is 1.17. The van der Waals surface area contributed by atoms with Gasteiger partial charge in [-0.1, -0.05) is 0 Å². The van der Waals surface area contributed by atoms with Crippen LogP contribution in [0.15, 0.2) is 0 Å². The second kappa shape index (κ2) is 4.42. The summed E-state index contributed by atoms with van der Waals surface area (Å²) in [5, 5.41) is -1.04. The minimum absolute atomic E-state index is 0.894. The standard InChI is InChI=1S/C9H21P.Au/c1-7(2)10(8(3)4)9(5)6;/h7-9H,1-6H3;/q;-1/p+1. The maximum absolute atomic E-state index is 2.98. The van der Waals surface area contributed by atoms with Crippen molar-refractivity contribution in [3.8, 4) is 0 Å². The van der Waals surface area contributed by atoms with Crippen molar-refractivity contribution in [3.05, 3.63) is 0 Å². The average molecular weight is 358 g/mol. The quantitative estimate of drug-likeness (QED) is 0.536. The summed E-state index contributed by atoms with van der Waals surface area (Å²) in [5.41, 5.74) is 2.68. The SMILES string of the molecule is CC(C)[PH]([Au])(C(C)C)C(C)C. The summed E-state index contributed by atoms with van der Waals surface area (Å²) < 4.78 is 0. The molecule has 0 N–H and O–H groups in total. The molecule has 0 atom stereocenters. The summed E-state index contributed by atoms with van der Waals surface area (Å²) in [5.74, 6) is 0. The Kier molecular flexibility index (Phi) is 4.89. The van der Waals surface area contributed by atoms with Gasteiger partial charge in [0, 0.05) is 0 Å². The number of hydrogen-bond donors (Lipinski definition) is 0. The van der Waals surface area contributed by atoms with Gasteiger partial charge in [0.15, 0.2) is 0 Å². The molecule has 0 spiro atoms. The van der Waals surface area contributed by atoms with E-state index >= 15 is 0 Å². The summed E-state index contributed by atoms with van der Waals surface area (Å²) in [6.45, 7) is 14.3. The topological polar surface area (TPSA) is 0 Å². The molecule has 0 unspecified atom stereocenters. The molecule has 0 aliphatic rings. The first-order chi connectivity index (χ1) is 4.83. The van der Waals surface area contributed by atoms with Crippen molar-refractivity contribution in [2.24, 2.45) is 0 Å². The zero-order valence-corrected chi connectivity index (χ0v) is 11.7. The van der Waals surface area contributed by atoms with Crippen molar-refractivity contribution in [2.75, 3.05) is 0 Å². The first kappa shape index (κ1) is 12.2. The van der Waals surface area contributed by atoms with Crippen molar-refractivity contribution in [1.29, 1.82) is 0 Å². The summed E-state index contributed by atoms with van der Waals surface area (Å²) in [6, 6.07) is 0. The van der Waals surface area contributed by atoms with E-state index in [0.29, 0.717) is 0 Å². The molecular weight excluding hydrogens is 336 g/mol. The second-order valence-corrected chi connectivity index (χ2v) is 14.8. The molecule has 2 heteroatoms. The van der Waals surface area contributed by atoms with Gasteiger partial charge < -0.3 is 0 Å². The Labute approximate surface area is 84.2 Å². The van der Waals surface area contributed by atoms with E-state index in [1.807, 2.05) is 0 Å². The Morgan fingerprint density at radius 2 is 0.909 bits per heavy atom. The van der Waals surface area contributed by atoms with Gasteiger partial charge in [0.05, 0.1) is 0 Å². The maximum atomic E-state index is 2.98. The van der Waals surface area contributed by atoms with Crippen LogP contribution in [0.25, 0.3) is 0 Å². The molecular formula is C9H22AuP. The fourth-order valence-electron chi connectivity index (χ4n) is 2.00. The Morgan fingerprint density at radius 3 is 0.909 bits per heavy atom. The fraction of sp³-hybridized carbons (Fsp3) is 1.00. The van der Waals surface area contributed by atoms with E-state index in [-0.39, 0.29) is 0 Å². The van der Waals surface area contributed by atoms with Crippen LogP contribution in [0, 0.1) is 0 Å². The van der Waals surface area contributed by atoms with E-state index in [9.17, 15) is 0 Å². The third-order valence-electron chi connectivity index (χ3n) is 2.52. The molecule has 0 saturated carbocycles. The molecule has 11 heavy (non-hydrogen) atoms. The van der Waals surface area contributed by atoms with Gasteiger partial charge in [0.2, 0.25) is 0 Å². The Bertz CT molecular complexity index is 97.0. The Balaban J connectivity index is 4.53. The van der Waals surface area contributed by atoms with E-state index in [1.165, 1.54) is 0 Å².